The van der Waals surface area contributed by atoms with Crippen molar-refractivity contribution in [3.05, 3.63) is 41.8 Å². The first kappa shape index (κ1) is 12.6. The largest absolute Gasteiger partial charge is 0.399 e. The third kappa shape index (κ3) is 3.90. The Hall–Kier alpha value is -2.43. The van der Waals surface area contributed by atoms with Crippen LogP contribution < -0.4 is 11.1 Å². The first-order valence-electron chi connectivity index (χ1n) is 4.99. The predicted octanol–water partition coefficient (Wildman–Crippen LogP) is 1.59. The second kappa shape index (κ2) is 6.22. The average molecular weight is 230 g/mol. The van der Waals surface area contributed by atoms with Crippen molar-refractivity contribution in [1.29, 1.82) is 0 Å². The predicted molar refractivity (Wildman–Crippen MR) is 70.1 cm³/mol. The Kier molecular flexibility index (Phi) is 4.62. The number of nitrogens with one attached hydrogen (secondary N) is 1. The minimum absolute atomic E-state index is 0.294. The third-order valence-electron chi connectivity index (χ3n) is 1.87. The molecule has 5 heteroatoms. The lowest BCUT2D eigenvalue weighted by Gasteiger charge is -2.05. The van der Waals surface area contributed by atoms with E-state index in [0.717, 1.165) is 0 Å². The van der Waals surface area contributed by atoms with Gasteiger partial charge in [0.25, 0.3) is 5.91 Å². The summed E-state index contributed by atoms with van der Waals surface area (Å²) < 4.78 is 0. The number of aliphatic imine (C=N–C) groups is 2. The standard InChI is InChI=1S/C12H14N4O/c1-3-15-11(8-14-2)16-12(17)9-5-4-6-10(13)7-9/h3-8H,2,13H2,1H3,(H,16,17)/b11-8+,15-3-. The van der Waals surface area contributed by atoms with Crippen LogP contribution in [0.5, 0.6) is 0 Å². The van der Waals surface area contributed by atoms with E-state index in [4.69, 9.17) is 5.73 Å². The van der Waals surface area contributed by atoms with Gasteiger partial charge in [0.05, 0.1) is 6.20 Å². The summed E-state index contributed by atoms with van der Waals surface area (Å²) in [4.78, 5) is 19.3. The van der Waals surface area contributed by atoms with Gasteiger partial charge < -0.3 is 11.1 Å². The summed E-state index contributed by atoms with van der Waals surface area (Å²) in [6.45, 7) is 5.04. The van der Waals surface area contributed by atoms with Crippen LogP contribution in [-0.2, 0) is 0 Å². The van der Waals surface area contributed by atoms with E-state index in [0.29, 0.717) is 17.1 Å². The fourth-order valence-electron chi connectivity index (χ4n) is 1.19. The maximum absolute atomic E-state index is 11.8. The number of hydrogen-bond donors (Lipinski definition) is 2. The van der Waals surface area contributed by atoms with Crippen LogP contribution in [0.2, 0.25) is 0 Å². The molecule has 1 aromatic carbocycles. The maximum Gasteiger partial charge on any atom is 0.256 e. The quantitative estimate of drug-likeness (QED) is 0.608. The Morgan fingerprint density at radius 2 is 2.29 bits per heavy atom. The van der Waals surface area contributed by atoms with Gasteiger partial charge >= 0.3 is 0 Å². The Bertz CT molecular complexity index is 477. The SMILES string of the molecule is C=N/C=C(\N=C/C)NC(=O)c1cccc(N)c1. The molecule has 0 unspecified atom stereocenters. The Balaban J connectivity index is 2.84. The van der Waals surface area contributed by atoms with Crippen LogP contribution in [-0.4, -0.2) is 18.8 Å². The summed E-state index contributed by atoms with van der Waals surface area (Å²) >= 11 is 0. The minimum atomic E-state index is -0.294. The normalized spacial score (nSPS) is 11.5. The van der Waals surface area contributed by atoms with E-state index in [1.807, 2.05) is 0 Å². The second-order valence-corrected chi connectivity index (χ2v) is 3.16. The molecule has 5 nitrogen and oxygen atoms in total. The molecule has 0 bridgehead atoms. The van der Waals surface area contributed by atoms with Crippen LogP contribution in [0.25, 0.3) is 0 Å². The molecule has 1 amide bonds. The van der Waals surface area contributed by atoms with Gasteiger partial charge in [0.1, 0.15) is 0 Å². The molecule has 1 rings (SSSR count). The van der Waals surface area contributed by atoms with E-state index in [1.165, 1.54) is 6.20 Å². The van der Waals surface area contributed by atoms with E-state index in [-0.39, 0.29) is 5.91 Å². The van der Waals surface area contributed by atoms with E-state index >= 15 is 0 Å². The summed E-state index contributed by atoms with van der Waals surface area (Å²) in [7, 11) is 0. The maximum atomic E-state index is 11.8. The molecular formula is C12H14N4O. The zero-order chi connectivity index (χ0) is 12.7. The van der Waals surface area contributed by atoms with Gasteiger partial charge in [0, 0.05) is 17.5 Å². The number of benzene rings is 1. The first-order valence-corrected chi connectivity index (χ1v) is 4.99. The van der Waals surface area contributed by atoms with Crippen LogP contribution in [0, 0.1) is 0 Å². The zero-order valence-corrected chi connectivity index (χ0v) is 9.55. The molecule has 0 spiro atoms. The number of nitrogen functional groups attached to an aromatic ring is 1. The third-order valence-corrected chi connectivity index (χ3v) is 1.87. The van der Waals surface area contributed by atoms with Crippen molar-refractivity contribution < 1.29 is 4.79 Å². The molecule has 0 aliphatic rings. The number of nitrogens with zero attached hydrogens (tertiary/aromatic N) is 2. The molecule has 0 atom stereocenters. The highest BCUT2D eigenvalue weighted by atomic mass is 16.1. The van der Waals surface area contributed by atoms with Gasteiger partial charge in [-0.2, -0.15) is 0 Å². The van der Waals surface area contributed by atoms with Crippen molar-refractivity contribution in [3.8, 4) is 0 Å². The monoisotopic (exact) mass is 230 g/mol. The lowest BCUT2D eigenvalue weighted by Crippen LogP contribution is -2.22. The Morgan fingerprint density at radius 1 is 1.53 bits per heavy atom. The van der Waals surface area contributed by atoms with Crippen molar-refractivity contribution in [2.24, 2.45) is 9.98 Å². The highest BCUT2D eigenvalue weighted by Gasteiger charge is 2.06. The van der Waals surface area contributed by atoms with E-state index in [9.17, 15) is 4.79 Å². The van der Waals surface area contributed by atoms with Gasteiger partial charge in [-0.1, -0.05) is 6.07 Å². The number of anilines is 1. The second-order valence-electron chi connectivity index (χ2n) is 3.16. The van der Waals surface area contributed by atoms with Gasteiger partial charge in [0.2, 0.25) is 0 Å². The first-order chi connectivity index (χ1) is 8.17. The van der Waals surface area contributed by atoms with Gasteiger partial charge in [-0.15, -0.1) is 0 Å². The molecule has 0 aromatic heterocycles. The molecule has 0 aliphatic heterocycles. The van der Waals surface area contributed by atoms with Crippen molar-refractivity contribution in [2.45, 2.75) is 6.92 Å². The van der Waals surface area contributed by atoms with E-state index < -0.39 is 0 Å². The van der Waals surface area contributed by atoms with Gasteiger partial charge in [-0.3, -0.25) is 9.79 Å². The van der Waals surface area contributed by atoms with E-state index in [2.05, 4.69) is 22.0 Å². The fourth-order valence-corrected chi connectivity index (χ4v) is 1.19. The van der Waals surface area contributed by atoms with Crippen molar-refractivity contribution in [2.75, 3.05) is 5.73 Å². The molecule has 17 heavy (non-hydrogen) atoms. The molecular weight excluding hydrogens is 216 g/mol. The number of carbonyl (C=O) groups excluding carboxylic acids is 1. The smallest absolute Gasteiger partial charge is 0.256 e. The molecule has 0 aliphatic carbocycles. The Labute approximate surface area is 99.8 Å². The summed E-state index contributed by atoms with van der Waals surface area (Å²) in [6, 6.07) is 6.68. The number of rotatable bonds is 4. The number of hydrogen-bond acceptors (Lipinski definition) is 4. The molecule has 0 heterocycles. The molecule has 3 N–H and O–H groups in total. The molecule has 0 radical (unpaired) electrons. The number of amides is 1. The highest BCUT2D eigenvalue weighted by Crippen LogP contribution is 2.07. The van der Waals surface area contributed by atoms with Crippen LogP contribution in [0.1, 0.15) is 17.3 Å². The summed E-state index contributed by atoms with van der Waals surface area (Å²) in [5, 5.41) is 2.60. The fraction of sp³-hybridized carbons (Fsp3) is 0.0833. The summed E-state index contributed by atoms with van der Waals surface area (Å²) in [5.74, 6) is 0.0349. The van der Waals surface area contributed by atoms with Crippen molar-refractivity contribution >= 4 is 24.5 Å². The molecule has 0 saturated heterocycles. The highest BCUT2D eigenvalue weighted by molar-refractivity contribution is 5.96. The van der Waals surface area contributed by atoms with Gasteiger partial charge in [-0.05, 0) is 31.8 Å². The van der Waals surface area contributed by atoms with Gasteiger partial charge in [0.15, 0.2) is 5.82 Å². The van der Waals surface area contributed by atoms with Crippen LogP contribution >= 0.6 is 0 Å². The summed E-state index contributed by atoms with van der Waals surface area (Å²) in [6.07, 6.45) is 2.92. The van der Waals surface area contributed by atoms with Crippen molar-refractivity contribution in [3.63, 3.8) is 0 Å². The minimum Gasteiger partial charge on any atom is -0.399 e. The molecule has 0 saturated carbocycles. The zero-order valence-electron chi connectivity index (χ0n) is 9.55. The Morgan fingerprint density at radius 3 is 2.88 bits per heavy atom. The van der Waals surface area contributed by atoms with Crippen molar-refractivity contribution in [1.82, 2.24) is 5.32 Å². The number of carbonyl (C=O) groups is 1. The average Bonchev–Trinajstić information content (AvgIpc) is 2.29. The molecule has 0 fully saturated rings. The number of nitrogens with two attached hydrogens (primary N) is 1. The lowest BCUT2D eigenvalue weighted by molar-refractivity contribution is 0.0965. The molecule has 88 valence electrons. The van der Waals surface area contributed by atoms with Crippen LogP contribution in [0.3, 0.4) is 0 Å². The van der Waals surface area contributed by atoms with Gasteiger partial charge in [-0.25, -0.2) is 4.99 Å². The summed E-state index contributed by atoms with van der Waals surface area (Å²) in [5.41, 5.74) is 6.59. The molecule has 1 aromatic rings. The van der Waals surface area contributed by atoms with E-state index in [1.54, 1.807) is 37.4 Å². The van der Waals surface area contributed by atoms with Crippen LogP contribution in [0.15, 0.2) is 46.3 Å². The van der Waals surface area contributed by atoms with Crippen LogP contribution in [0.4, 0.5) is 5.69 Å². The topological polar surface area (TPSA) is 79.8 Å². The lowest BCUT2D eigenvalue weighted by atomic mass is 10.2.